The molecule has 0 heterocycles. The summed E-state index contributed by atoms with van der Waals surface area (Å²) in [5.41, 5.74) is 3.70. The van der Waals surface area contributed by atoms with Crippen molar-refractivity contribution in [2.75, 3.05) is 7.05 Å². The van der Waals surface area contributed by atoms with Gasteiger partial charge in [-0.2, -0.15) is 5.10 Å². The van der Waals surface area contributed by atoms with Crippen molar-refractivity contribution < 1.29 is 14.3 Å². The minimum atomic E-state index is -0.854. The van der Waals surface area contributed by atoms with Gasteiger partial charge in [-0.15, -0.1) is 0 Å². The summed E-state index contributed by atoms with van der Waals surface area (Å²) in [6.45, 7) is 0.354. The van der Waals surface area contributed by atoms with E-state index in [1.807, 2.05) is 12.1 Å². The fourth-order valence-electron chi connectivity index (χ4n) is 1.79. The topological polar surface area (TPSA) is 79.8 Å². The third-order valence-electron chi connectivity index (χ3n) is 3.08. The van der Waals surface area contributed by atoms with Gasteiger partial charge in [0.2, 0.25) is 0 Å². The molecule has 0 unspecified atom stereocenters. The molecule has 0 fully saturated rings. The fourth-order valence-corrected chi connectivity index (χ4v) is 2.16. The van der Waals surface area contributed by atoms with Crippen LogP contribution in [0.15, 0.2) is 47.6 Å². The second-order valence-electron chi connectivity index (χ2n) is 4.88. The minimum absolute atomic E-state index is 0.354. The molecule has 0 aromatic heterocycles. The molecule has 2 aromatic carbocycles. The zero-order valence-electron chi connectivity index (χ0n) is 13.3. The Kier molecular flexibility index (Phi) is 6.80. The van der Waals surface area contributed by atoms with Gasteiger partial charge in [0.1, 0.15) is 12.4 Å². The summed E-state index contributed by atoms with van der Waals surface area (Å²) in [6, 6.07) is 12.4. The monoisotopic (exact) mass is 379 g/mol. The molecule has 0 saturated carbocycles. The molecule has 130 valence electrons. The van der Waals surface area contributed by atoms with Gasteiger partial charge in [0, 0.05) is 12.1 Å². The zero-order chi connectivity index (χ0) is 18.2. The number of hydrogen-bond acceptors (Lipinski definition) is 4. The van der Waals surface area contributed by atoms with Crippen LogP contribution in [0.1, 0.15) is 11.1 Å². The maximum absolute atomic E-state index is 11.2. The van der Waals surface area contributed by atoms with E-state index in [4.69, 9.17) is 27.9 Å². The zero-order valence-corrected chi connectivity index (χ0v) is 14.8. The highest BCUT2D eigenvalue weighted by atomic mass is 35.5. The highest BCUT2D eigenvalue weighted by molar-refractivity contribution is 6.35. The maximum atomic E-state index is 11.2. The van der Waals surface area contributed by atoms with E-state index in [1.165, 1.54) is 13.3 Å². The van der Waals surface area contributed by atoms with E-state index in [-0.39, 0.29) is 0 Å². The highest BCUT2D eigenvalue weighted by Gasteiger charge is 2.09. The molecule has 25 heavy (non-hydrogen) atoms. The van der Waals surface area contributed by atoms with Crippen molar-refractivity contribution in [3.8, 4) is 5.75 Å². The van der Waals surface area contributed by atoms with Crippen molar-refractivity contribution in [1.29, 1.82) is 0 Å². The summed E-state index contributed by atoms with van der Waals surface area (Å²) in [7, 11) is 1.36. The number of hydrazone groups is 1. The Morgan fingerprint density at radius 2 is 1.84 bits per heavy atom. The van der Waals surface area contributed by atoms with E-state index in [0.717, 1.165) is 5.56 Å². The third-order valence-corrected chi connectivity index (χ3v) is 3.62. The minimum Gasteiger partial charge on any atom is -0.487 e. The normalized spacial score (nSPS) is 10.5. The first-order chi connectivity index (χ1) is 12.0. The molecule has 0 saturated heterocycles. The molecule has 6 nitrogen and oxygen atoms in total. The molecule has 0 bridgehead atoms. The van der Waals surface area contributed by atoms with Gasteiger partial charge >= 0.3 is 11.8 Å². The fraction of sp³-hybridized carbons (Fsp3) is 0.118. The Morgan fingerprint density at radius 3 is 2.48 bits per heavy atom. The molecule has 2 amide bonds. The molecular weight excluding hydrogens is 365 g/mol. The molecule has 0 aliphatic rings. The summed E-state index contributed by atoms with van der Waals surface area (Å²) < 4.78 is 5.66. The van der Waals surface area contributed by atoms with Gasteiger partial charge in [-0.25, -0.2) is 5.43 Å². The average Bonchev–Trinajstić information content (AvgIpc) is 2.61. The Labute approximate surface area is 154 Å². The molecule has 0 aliphatic carbocycles. The van der Waals surface area contributed by atoms with Gasteiger partial charge in [0.05, 0.1) is 11.2 Å². The first-order valence-electron chi connectivity index (χ1n) is 7.21. The van der Waals surface area contributed by atoms with Crippen LogP contribution >= 0.6 is 23.2 Å². The largest absolute Gasteiger partial charge is 0.487 e. The number of rotatable bonds is 5. The Morgan fingerprint density at radius 1 is 1.12 bits per heavy atom. The number of ether oxygens (including phenoxy) is 1. The first-order valence-corrected chi connectivity index (χ1v) is 7.97. The van der Waals surface area contributed by atoms with E-state index in [1.54, 1.807) is 30.3 Å². The Bertz CT molecular complexity index is 792. The average molecular weight is 380 g/mol. The molecule has 2 rings (SSSR count). The van der Waals surface area contributed by atoms with Crippen LogP contribution in [-0.2, 0) is 16.2 Å². The smallest absolute Gasteiger partial charge is 0.329 e. The molecular formula is C17H15Cl2N3O3. The van der Waals surface area contributed by atoms with Crippen LogP contribution in [0.2, 0.25) is 10.0 Å². The van der Waals surface area contributed by atoms with Gasteiger partial charge in [-0.05, 0) is 41.5 Å². The summed E-state index contributed by atoms with van der Waals surface area (Å²) in [4.78, 5) is 22.3. The standard InChI is InChI=1S/C17H15Cl2N3O3/c1-20-16(23)17(24)22-21-9-12-4-7-15(14(19)8-12)25-10-11-2-5-13(18)6-3-11/h2-9H,10H2,1H3,(H,20,23)(H,22,24)/b21-9-. The summed E-state index contributed by atoms with van der Waals surface area (Å²) in [6.07, 6.45) is 1.37. The lowest BCUT2D eigenvalue weighted by Gasteiger charge is -2.08. The quantitative estimate of drug-likeness (QED) is 0.476. The number of likely N-dealkylation sites (N-methyl/N-ethyl adjacent to an activating group) is 1. The van der Waals surface area contributed by atoms with Crippen molar-refractivity contribution in [3.05, 3.63) is 63.6 Å². The number of hydrogen-bond donors (Lipinski definition) is 2. The lowest BCUT2D eigenvalue weighted by atomic mass is 10.2. The van der Waals surface area contributed by atoms with Crippen molar-refractivity contribution in [2.24, 2.45) is 5.10 Å². The second-order valence-corrected chi connectivity index (χ2v) is 5.73. The van der Waals surface area contributed by atoms with E-state index in [9.17, 15) is 9.59 Å². The van der Waals surface area contributed by atoms with Crippen LogP contribution in [0.3, 0.4) is 0 Å². The van der Waals surface area contributed by atoms with Crippen LogP contribution < -0.4 is 15.5 Å². The predicted octanol–water partition coefficient (Wildman–Crippen LogP) is 2.77. The van der Waals surface area contributed by atoms with E-state index in [0.29, 0.717) is 28.0 Å². The Hall–Kier alpha value is -2.57. The number of amides is 2. The van der Waals surface area contributed by atoms with Gasteiger partial charge in [0.15, 0.2) is 0 Å². The molecule has 0 spiro atoms. The van der Waals surface area contributed by atoms with Gasteiger partial charge in [0.25, 0.3) is 0 Å². The lowest BCUT2D eigenvalue weighted by molar-refractivity contribution is -0.138. The second kappa shape index (κ2) is 9.05. The van der Waals surface area contributed by atoms with Crippen molar-refractivity contribution in [3.63, 3.8) is 0 Å². The molecule has 0 radical (unpaired) electrons. The first kappa shape index (κ1) is 18.8. The number of carbonyl (C=O) groups is 2. The predicted molar refractivity (Wildman–Crippen MR) is 97.0 cm³/mol. The number of carbonyl (C=O) groups excluding carboxylic acids is 2. The molecule has 2 aromatic rings. The summed E-state index contributed by atoms with van der Waals surface area (Å²) >= 11 is 12.0. The van der Waals surface area contributed by atoms with E-state index in [2.05, 4.69) is 15.8 Å². The SMILES string of the molecule is CNC(=O)C(=O)N/N=C\c1ccc(OCc2ccc(Cl)cc2)c(Cl)c1. The Balaban J connectivity index is 1.94. The van der Waals surface area contributed by atoms with Crippen molar-refractivity contribution in [1.82, 2.24) is 10.7 Å². The summed E-state index contributed by atoms with van der Waals surface area (Å²) in [5, 5.41) is 6.94. The van der Waals surface area contributed by atoms with Crippen LogP contribution in [0, 0.1) is 0 Å². The van der Waals surface area contributed by atoms with Gasteiger partial charge < -0.3 is 10.1 Å². The van der Waals surface area contributed by atoms with Crippen LogP contribution in [0.4, 0.5) is 0 Å². The van der Waals surface area contributed by atoms with Crippen molar-refractivity contribution >= 4 is 41.2 Å². The van der Waals surface area contributed by atoms with E-state index < -0.39 is 11.8 Å². The number of nitrogens with zero attached hydrogens (tertiary/aromatic N) is 1. The number of halogens is 2. The molecule has 2 N–H and O–H groups in total. The van der Waals surface area contributed by atoms with Crippen LogP contribution in [0.5, 0.6) is 5.75 Å². The number of benzene rings is 2. The van der Waals surface area contributed by atoms with Crippen LogP contribution in [-0.4, -0.2) is 25.1 Å². The van der Waals surface area contributed by atoms with Crippen molar-refractivity contribution in [2.45, 2.75) is 6.61 Å². The molecule has 8 heteroatoms. The van der Waals surface area contributed by atoms with E-state index >= 15 is 0 Å². The maximum Gasteiger partial charge on any atom is 0.329 e. The lowest BCUT2D eigenvalue weighted by Crippen LogP contribution is -2.35. The highest BCUT2D eigenvalue weighted by Crippen LogP contribution is 2.26. The third kappa shape index (κ3) is 5.77. The van der Waals surface area contributed by atoms with Crippen LogP contribution in [0.25, 0.3) is 0 Å². The molecule has 0 atom stereocenters. The summed E-state index contributed by atoms with van der Waals surface area (Å²) in [5.74, 6) is -1.11. The number of nitrogens with one attached hydrogen (secondary N) is 2. The van der Waals surface area contributed by atoms with Gasteiger partial charge in [-0.3, -0.25) is 9.59 Å². The molecule has 0 aliphatic heterocycles. The van der Waals surface area contributed by atoms with Gasteiger partial charge in [-0.1, -0.05) is 35.3 Å².